The predicted molar refractivity (Wildman–Crippen MR) is 125 cm³/mol. The summed E-state index contributed by atoms with van der Waals surface area (Å²) in [7, 11) is 0. The minimum absolute atomic E-state index is 0.0179. The molecule has 10 heteroatoms. The first-order chi connectivity index (χ1) is 16.0. The zero-order valence-electron chi connectivity index (χ0n) is 20.4. The summed E-state index contributed by atoms with van der Waals surface area (Å²) in [6.07, 6.45) is 8.06. The van der Waals surface area contributed by atoms with E-state index >= 15 is 0 Å². The van der Waals surface area contributed by atoms with Gasteiger partial charge in [0.25, 0.3) is 5.91 Å². The van der Waals surface area contributed by atoms with E-state index in [1.807, 2.05) is 13.8 Å². The molecule has 0 aromatic carbocycles. The first-order valence-corrected chi connectivity index (χ1v) is 12.0. The summed E-state index contributed by atoms with van der Waals surface area (Å²) in [5, 5.41) is 14.1. The van der Waals surface area contributed by atoms with Gasteiger partial charge in [-0.15, -0.1) is 0 Å². The molecule has 1 atom stereocenters. The third-order valence-electron chi connectivity index (χ3n) is 6.11. The largest absolute Gasteiger partial charge is 0.442 e. The van der Waals surface area contributed by atoms with Crippen LogP contribution in [0, 0.1) is 17.8 Å². The van der Waals surface area contributed by atoms with Crippen LogP contribution in [0.5, 0.6) is 0 Å². The Hall–Kier alpha value is -3.17. The van der Waals surface area contributed by atoms with Crippen molar-refractivity contribution in [2.24, 2.45) is 17.8 Å². The fraction of sp³-hybridized carbons (Fsp3) is 0.625. The van der Waals surface area contributed by atoms with Crippen molar-refractivity contribution < 1.29 is 19.1 Å². The SMILES string of the molecule is CC(C)n1nccc1C(=O)N[C@H](C(=O)Nc1cnn(C(=O)OC(C)(C)C)c1)C(C1CC1)C1CC1. The molecule has 2 saturated carbocycles. The topological polar surface area (TPSA) is 120 Å². The van der Waals surface area contributed by atoms with Crippen LogP contribution in [0.2, 0.25) is 0 Å². The van der Waals surface area contributed by atoms with E-state index in [2.05, 4.69) is 20.8 Å². The predicted octanol–water partition coefficient (Wildman–Crippen LogP) is 3.62. The van der Waals surface area contributed by atoms with Crippen molar-refractivity contribution in [1.29, 1.82) is 0 Å². The Kier molecular flexibility index (Phi) is 6.51. The molecular weight excluding hydrogens is 436 g/mol. The van der Waals surface area contributed by atoms with E-state index < -0.39 is 17.7 Å². The number of carbonyl (C=O) groups is 3. The average Bonchev–Trinajstić information content (AvgIpc) is 3.66. The molecule has 0 aliphatic heterocycles. The highest BCUT2D eigenvalue weighted by atomic mass is 16.6. The van der Waals surface area contributed by atoms with Crippen LogP contribution in [0.4, 0.5) is 10.5 Å². The quantitative estimate of drug-likeness (QED) is 0.608. The van der Waals surface area contributed by atoms with Gasteiger partial charge in [0, 0.05) is 12.2 Å². The van der Waals surface area contributed by atoms with Gasteiger partial charge in [-0.3, -0.25) is 14.3 Å². The first-order valence-electron chi connectivity index (χ1n) is 12.0. The second-order valence-electron chi connectivity index (χ2n) is 10.6. The van der Waals surface area contributed by atoms with Crippen LogP contribution in [-0.2, 0) is 9.53 Å². The summed E-state index contributed by atoms with van der Waals surface area (Å²) in [6.45, 7) is 9.21. The summed E-state index contributed by atoms with van der Waals surface area (Å²) in [4.78, 5) is 38.9. The Morgan fingerprint density at radius 2 is 1.74 bits per heavy atom. The maximum Gasteiger partial charge on any atom is 0.435 e. The number of nitrogens with one attached hydrogen (secondary N) is 2. The lowest BCUT2D eigenvalue weighted by atomic mass is 9.88. The highest BCUT2D eigenvalue weighted by Crippen LogP contribution is 2.50. The summed E-state index contributed by atoms with van der Waals surface area (Å²) < 4.78 is 8.02. The normalized spacial score (nSPS) is 17.0. The Morgan fingerprint density at radius 3 is 2.29 bits per heavy atom. The molecular formula is C24H34N6O4. The van der Waals surface area contributed by atoms with Crippen molar-refractivity contribution >= 4 is 23.6 Å². The molecule has 0 spiro atoms. The van der Waals surface area contributed by atoms with Crippen molar-refractivity contribution in [1.82, 2.24) is 24.9 Å². The molecule has 0 unspecified atom stereocenters. The Labute approximate surface area is 199 Å². The fourth-order valence-electron chi connectivity index (χ4n) is 4.36. The number of rotatable bonds is 8. The van der Waals surface area contributed by atoms with Crippen molar-refractivity contribution in [3.05, 3.63) is 30.4 Å². The molecule has 4 rings (SSSR count). The maximum atomic E-state index is 13.4. The van der Waals surface area contributed by atoms with Gasteiger partial charge in [-0.2, -0.15) is 14.9 Å². The lowest BCUT2D eigenvalue weighted by molar-refractivity contribution is -0.119. The molecule has 34 heavy (non-hydrogen) atoms. The molecule has 0 saturated heterocycles. The number of amides is 2. The standard InChI is InChI=1S/C24H34N6O4/c1-14(2)30-18(10-11-25-30)21(31)28-20(19(15-6-7-15)16-8-9-16)22(32)27-17-12-26-29(13-17)23(33)34-24(3,4)5/h10-16,19-20H,6-9H2,1-5H3,(H,27,32)(H,28,31)/t20-/m0/s1. The van der Waals surface area contributed by atoms with Gasteiger partial charge in [0.1, 0.15) is 17.3 Å². The van der Waals surface area contributed by atoms with E-state index in [-0.39, 0.29) is 23.8 Å². The molecule has 2 aromatic heterocycles. The van der Waals surface area contributed by atoms with Crippen molar-refractivity contribution in [2.45, 2.75) is 78.0 Å². The van der Waals surface area contributed by atoms with Crippen LogP contribution in [0.15, 0.2) is 24.7 Å². The molecule has 0 bridgehead atoms. The van der Waals surface area contributed by atoms with E-state index in [1.165, 1.54) is 12.4 Å². The highest BCUT2D eigenvalue weighted by Gasteiger charge is 2.48. The van der Waals surface area contributed by atoms with Gasteiger partial charge in [0.15, 0.2) is 0 Å². The zero-order valence-corrected chi connectivity index (χ0v) is 20.4. The van der Waals surface area contributed by atoms with Crippen LogP contribution in [0.3, 0.4) is 0 Å². The second-order valence-corrected chi connectivity index (χ2v) is 10.6. The zero-order chi connectivity index (χ0) is 24.6. The summed E-state index contributed by atoms with van der Waals surface area (Å²) >= 11 is 0. The second kappa shape index (κ2) is 9.23. The van der Waals surface area contributed by atoms with E-state index in [0.29, 0.717) is 23.2 Å². The van der Waals surface area contributed by atoms with Gasteiger partial charge in [0.05, 0.1) is 18.1 Å². The average molecular weight is 471 g/mol. The molecule has 2 N–H and O–H groups in total. The minimum atomic E-state index is -0.687. The molecule has 10 nitrogen and oxygen atoms in total. The lowest BCUT2D eigenvalue weighted by Crippen LogP contribution is -2.50. The third-order valence-corrected chi connectivity index (χ3v) is 6.11. The molecule has 2 aliphatic carbocycles. The number of carbonyl (C=O) groups excluding carboxylic acids is 3. The van der Waals surface area contributed by atoms with Gasteiger partial charge in [0.2, 0.25) is 5.91 Å². The number of aromatic nitrogens is 4. The monoisotopic (exact) mass is 470 g/mol. The summed E-state index contributed by atoms with van der Waals surface area (Å²) in [5.74, 6) is 0.324. The van der Waals surface area contributed by atoms with Crippen molar-refractivity contribution in [2.75, 3.05) is 5.32 Å². The van der Waals surface area contributed by atoms with E-state index in [1.54, 1.807) is 37.7 Å². The van der Waals surface area contributed by atoms with Gasteiger partial charge >= 0.3 is 6.09 Å². The Balaban J connectivity index is 1.51. The number of hydrogen-bond donors (Lipinski definition) is 2. The lowest BCUT2D eigenvalue weighted by Gasteiger charge is -2.27. The number of anilines is 1. The molecule has 184 valence electrons. The Morgan fingerprint density at radius 1 is 1.09 bits per heavy atom. The van der Waals surface area contributed by atoms with E-state index in [0.717, 1.165) is 30.4 Å². The molecule has 2 aromatic rings. The number of hydrogen-bond acceptors (Lipinski definition) is 6. The van der Waals surface area contributed by atoms with E-state index in [4.69, 9.17) is 4.74 Å². The summed E-state index contributed by atoms with van der Waals surface area (Å²) in [6, 6.07) is 0.996. The molecule has 0 radical (unpaired) electrons. The maximum absolute atomic E-state index is 13.4. The van der Waals surface area contributed by atoms with Gasteiger partial charge in [-0.05, 0) is 84.1 Å². The van der Waals surface area contributed by atoms with E-state index in [9.17, 15) is 14.4 Å². The minimum Gasteiger partial charge on any atom is -0.442 e. The van der Waals surface area contributed by atoms with Crippen molar-refractivity contribution in [3.63, 3.8) is 0 Å². The van der Waals surface area contributed by atoms with Crippen LogP contribution < -0.4 is 10.6 Å². The van der Waals surface area contributed by atoms with Gasteiger partial charge in [-0.1, -0.05) is 0 Å². The smallest absolute Gasteiger partial charge is 0.435 e. The van der Waals surface area contributed by atoms with Crippen LogP contribution in [-0.4, -0.2) is 49.1 Å². The van der Waals surface area contributed by atoms with Crippen LogP contribution in [0.1, 0.15) is 76.8 Å². The number of ether oxygens (including phenoxy) is 1. The molecule has 2 amide bonds. The highest BCUT2D eigenvalue weighted by molar-refractivity contribution is 6.00. The van der Waals surface area contributed by atoms with Crippen LogP contribution >= 0.6 is 0 Å². The fourth-order valence-corrected chi connectivity index (χ4v) is 4.36. The Bertz CT molecular complexity index is 1050. The van der Waals surface area contributed by atoms with Crippen LogP contribution in [0.25, 0.3) is 0 Å². The third kappa shape index (κ3) is 5.66. The summed E-state index contributed by atoms with van der Waals surface area (Å²) in [5.41, 5.74) is 0.134. The first kappa shape index (κ1) is 24.0. The number of nitrogens with zero attached hydrogens (tertiary/aromatic N) is 4. The molecule has 2 fully saturated rings. The molecule has 2 aliphatic rings. The molecule has 2 heterocycles. The van der Waals surface area contributed by atoms with Crippen molar-refractivity contribution in [3.8, 4) is 0 Å². The van der Waals surface area contributed by atoms with Gasteiger partial charge < -0.3 is 15.4 Å². The van der Waals surface area contributed by atoms with Gasteiger partial charge in [-0.25, -0.2) is 4.79 Å².